The lowest BCUT2D eigenvalue weighted by molar-refractivity contribution is 0.267. The molecule has 136 valence electrons. The van der Waals surface area contributed by atoms with Crippen molar-refractivity contribution in [1.29, 1.82) is 0 Å². The molecule has 2 aromatic rings. The molecule has 0 radical (unpaired) electrons. The van der Waals surface area contributed by atoms with Crippen LogP contribution in [-0.2, 0) is 6.54 Å². The van der Waals surface area contributed by atoms with Gasteiger partial charge in [0.05, 0.1) is 13.2 Å². The van der Waals surface area contributed by atoms with Gasteiger partial charge in [0, 0.05) is 30.1 Å². The Kier molecular flexibility index (Phi) is 7.95. The van der Waals surface area contributed by atoms with Gasteiger partial charge in [-0.2, -0.15) is 0 Å². The first kappa shape index (κ1) is 20.0. The molecule has 2 heterocycles. The van der Waals surface area contributed by atoms with Crippen molar-refractivity contribution in [3.05, 3.63) is 45.9 Å². The van der Waals surface area contributed by atoms with Crippen LogP contribution >= 0.6 is 35.3 Å². The topological polar surface area (TPSA) is 58.5 Å². The minimum Gasteiger partial charge on any atom is -0.493 e. The molecule has 0 bridgehead atoms. The smallest absolute Gasteiger partial charge is 0.191 e. The van der Waals surface area contributed by atoms with Crippen molar-refractivity contribution in [2.75, 3.05) is 19.7 Å². The molecule has 1 atom stereocenters. The number of benzene rings is 1. The van der Waals surface area contributed by atoms with Crippen LogP contribution in [0, 0.1) is 6.92 Å². The maximum absolute atomic E-state index is 5.74. The highest BCUT2D eigenvalue weighted by molar-refractivity contribution is 14.0. The summed E-state index contributed by atoms with van der Waals surface area (Å²) < 4.78 is 5.74. The molecule has 0 spiro atoms. The number of thiazole rings is 1. The minimum absolute atomic E-state index is 0. The fraction of sp³-hybridized carbons (Fsp3) is 0.444. The monoisotopic (exact) mass is 472 g/mol. The number of halogens is 1. The molecule has 2 N–H and O–H groups in total. The molecule has 1 aromatic carbocycles. The van der Waals surface area contributed by atoms with Crippen molar-refractivity contribution in [1.82, 2.24) is 15.6 Å². The quantitative estimate of drug-likeness (QED) is 0.396. The molecule has 0 saturated carbocycles. The summed E-state index contributed by atoms with van der Waals surface area (Å²) in [6.07, 6.45) is 2.92. The highest BCUT2D eigenvalue weighted by Gasteiger charge is 2.21. The highest BCUT2D eigenvalue weighted by Crippen LogP contribution is 2.32. The molecule has 1 aromatic heterocycles. The Morgan fingerprint density at radius 3 is 2.96 bits per heavy atom. The van der Waals surface area contributed by atoms with Crippen LogP contribution in [0.4, 0.5) is 0 Å². The lowest BCUT2D eigenvalue weighted by Gasteiger charge is -2.26. The molecule has 1 unspecified atom stereocenters. The molecule has 1 aliphatic heterocycles. The van der Waals surface area contributed by atoms with Gasteiger partial charge >= 0.3 is 0 Å². The summed E-state index contributed by atoms with van der Waals surface area (Å²) in [4.78, 5) is 10.2. The third kappa shape index (κ3) is 5.57. The van der Waals surface area contributed by atoms with Crippen LogP contribution in [0.25, 0.3) is 0 Å². The summed E-state index contributed by atoms with van der Waals surface area (Å²) in [6.45, 7) is 7.22. The second kappa shape index (κ2) is 9.96. The standard InChI is InChI=1S/C18H24N4OS.HI/c1-3-19-18(22-12-17-20-10-13(2)24-17)21-11-14-8-9-23-16-7-5-4-6-15(14)16;/h4-7,10,14H,3,8-9,11-12H2,1-2H3,(H2,19,21,22);1H. The van der Waals surface area contributed by atoms with E-state index in [0.717, 1.165) is 42.8 Å². The van der Waals surface area contributed by atoms with Crippen molar-refractivity contribution in [3.63, 3.8) is 0 Å². The predicted octanol–water partition coefficient (Wildman–Crippen LogP) is 3.69. The van der Waals surface area contributed by atoms with Gasteiger partial charge in [-0.25, -0.2) is 9.98 Å². The zero-order chi connectivity index (χ0) is 16.8. The number of aromatic nitrogens is 1. The van der Waals surface area contributed by atoms with E-state index in [2.05, 4.69) is 46.6 Å². The number of aryl methyl sites for hydroxylation is 1. The number of nitrogens with zero attached hydrogens (tertiary/aromatic N) is 2. The van der Waals surface area contributed by atoms with Gasteiger partial charge in [-0.3, -0.25) is 0 Å². The second-order valence-corrected chi connectivity index (χ2v) is 7.13. The number of hydrogen-bond donors (Lipinski definition) is 2. The van der Waals surface area contributed by atoms with E-state index < -0.39 is 0 Å². The summed E-state index contributed by atoms with van der Waals surface area (Å²) in [5.74, 6) is 2.30. The molecular formula is C18H25IN4OS. The van der Waals surface area contributed by atoms with E-state index in [-0.39, 0.29) is 24.0 Å². The SMILES string of the molecule is CCNC(=NCc1ncc(C)s1)NCC1CCOc2ccccc21.I. The number of hydrogen-bond acceptors (Lipinski definition) is 4. The van der Waals surface area contributed by atoms with Gasteiger partial charge in [0.15, 0.2) is 5.96 Å². The van der Waals surface area contributed by atoms with Crippen LogP contribution in [0.2, 0.25) is 0 Å². The Hall–Kier alpha value is -1.35. The van der Waals surface area contributed by atoms with Crippen molar-refractivity contribution >= 4 is 41.3 Å². The average molecular weight is 472 g/mol. The summed E-state index contributed by atoms with van der Waals surface area (Å²) in [5, 5.41) is 7.82. The van der Waals surface area contributed by atoms with Crippen molar-refractivity contribution in [2.45, 2.75) is 32.7 Å². The number of ether oxygens (including phenoxy) is 1. The van der Waals surface area contributed by atoms with E-state index in [1.165, 1.54) is 10.4 Å². The van der Waals surface area contributed by atoms with Crippen LogP contribution in [0.15, 0.2) is 35.5 Å². The molecule has 0 saturated heterocycles. The van der Waals surface area contributed by atoms with Gasteiger partial charge in [-0.05, 0) is 31.9 Å². The number of fused-ring (bicyclic) bond motifs is 1. The number of nitrogens with one attached hydrogen (secondary N) is 2. The van der Waals surface area contributed by atoms with E-state index in [1.54, 1.807) is 11.3 Å². The third-order valence-electron chi connectivity index (χ3n) is 3.98. The second-order valence-electron chi connectivity index (χ2n) is 5.81. The zero-order valence-electron chi connectivity index (χ0n) is 14.6. The maximum atomic E-state index is 5.74. The van der Waals surface area contributed by atoms with E-state index in [4.69, 9.17) is 4.74 Å². The van der Waals surface area contributed by atoms with Gasteiger partial charge in [0.25, 0.3) is 0 Å². The number of rotatable bonds is 5. The van der Waals surface area contributed by atoms with Gasteiger partial charge in [-0.15, -0.1) is 35.3 Å². The molecule has 1 aliphatic rings. The summed E-state index contributed by atoms with van der Waals surface area (Å²) in [5.41, 5.74) is 1.28. The minimum atomic E-state index is 0. The summed E-state index contributed by atoms with van der Waals surface area (Å²) in [6, 6.07) is 8.30. The lowest BCUT2D eigenvalue weighted by atomic mass is 9.93. The fourth-order valence-electron chi connectivity index (χ4n) is 2.81. The molecule has 25 heavy (non-hydrogen) atoms. The summed E-state index contributed by atoms with van der Waals surface area (Å²) in [7, 11) is 0. The largest absolute Gasteiger partial charge is 0.493 e. The Labute approximate surface area is 170 Å². The van der Waals surface area contributed by atoms with Gasteiger partial charge in [0.2, 0.25) is 0 Å². The van der Waals surface area contributed by atoms with Crippen LogP contribution < -0.4 is 15.4 Å². The van der Waals surface area contributed by atoms with Crippen LogP contribution in [0.3, 0.4) is 0 Å². The van der Waals surface area contributed by atoms with Crippen LogP contribution in [0.5, 0.6) is 5.75 Å². The Morgan fingerprint density at radius 1 is 1.36 bits per heavy atom. The van der Waals surface area contributed by atoms with E-state index in [1.807, 2.05) is 18.3 Å². The molecular weight excluding hydrogens is 447 g/mol. The first-order valence-electron chi connectivity index (χ1n) is 8.41. The molecule has 3 rings (SSSR count). The fourth-order valence-corrected chi connectivity index (χ4v) is 3.52. The lowest BCUT2D eigenvalue weighted by Crippen LogP contribution is -2.40. The first-order valence-corrected chi connectivity index (χ1v) is 9.23. The van der Waals surface area contributed by atoms with E-state index in [9.17, 15) is 0 Å². The molecule has 0 amide bonds. The predicted molar refractivity (Wildman–Crippen MR) is 114 cm³/mol. The first-order chi connectivity index (χ1) is 11.8. The van der Waals surface area contributed by atoms with Gasteiger partial charge in [-0.1, -0.05) is 18.2 Å². The van der Waals surface area contributed by atoms with Crippen molar-refractivity contribution in [2.24, 2.45) is 4.99 Å². The van der Waals surface area contributed by atoms with Crippen LogP contribution in [-0.4, -0.2) is 30.6 Å². The Bertz CT molecular complexity index is 704. The third-order valence-corrected chi connectivity index (χ3v) is 4.88. The number of aliphatic imine (C=N–C) groups is 1. The van der Waals surface area contributed by atoms with E-state index >= 15 is 0 Å². The van der Waals surface area contributed by atoms with Gasteiger partial charge < -0.3 is 15.4 Å². The number of guanidine groups is 1. The summed E-state index contributed by atoms with van der Waals surface area (Å²) >= 11 is 1.69. The number of para-hydroxylation sites is 1. The maximum Gasteiger partial charge on any atom is 0.191 e. The average Bonchev–Trinajstić information content (AvgIpc) is 3.03. The molecule has 7 heteroatoms. The zero-order valence-corrected chi connectivity index (χ0v) is 17.8. The van der Waals surface area contributed by atoms with E-state index in [0.29, 0.717) is 12.5 Å². The highest BCUT2D eigenvalue weighted by atomic mass is 127. The Balaban J connectivity index is 0.00000225. The Morgan fingerprint density at radius 2 is 2.20 bits per heavy atom. The normalized spacial score (nSPS) is 16.4. The van der Waals surface area contributed by atoms with Crippen molar-refractivity contribution < 1.29 is 4.74 Å². The van der Waals surface area contributed by atoms with Crippen LogP contribution in [0.1, 0.15) is 34.7 Å². The molecule has 0 aliphatic carbocycles. The molecule has 5 nitrogen and oxygen atoms in total. The van der Waals surface area contributed by atoms with Gasteiger partial charge in [0.1, 0.15) is 10.8 Å². The van der Waals surface area contributed by atoms with Crippen molar-refractivity contribution in [3.8, 4) is 5.75 Å². The molecule has 0 fully saturated rings.